The molecule has 1 fully saturated rings. The molecule has 0 aromatic heterocycles. The molecule has 9 nitrogen and oxygen atoms in total. The number of ether oxygens (including phenoxy) is 2. The number of hydrogen-bond acceptors (Lipinski definition) is 8. The molecule has 1 aliphatic heterocycles. The van der Waals surface area contributed by atoms with Gasteiger partial charge < -0.3 is 9.47 Å². The molecule has 0 unspecified atom stereocenters. The first-order valence-corrected chi connectivity index (χ1v) is 13.5. The Morgan fingerprint density at radius 3 is 2.53 bits per heavy atom. The number of carbonyl (C=O) groups is 2. The number of rotatable bonds is 9. The van der Waals surface area contributed by atoms with Gasteiger partial charge in [-0.2, -0.15) is 5.01 Å². The van der Waals surface area contributed by atoms with Gasteiger partial charge in [0.25, 0.3) is 17.5 Å². The number of amides is 2. The van der Waals surface area contributed by atoms with Gasteiger partial charge in [-0.25, -0.2) is 0 Å². The Balaban J connectivity index is 1.51. The monoisotopic (exact) mass is 661 g/mol. The Hall–Kier alpha value is -3.49. The number of thioether (sulfide) groups is 1. The van der Waals surface area contributed by atoms with Gasteiger partial charge in [-0.3, -0.25) is 25.1 Å². The van der Waals surface area contributed by atoms with Crippen LogP contribution in [0, 0.1) is 13.7 Å². The maximum absolute atomic E-state index is 13.0. The number of hydrazine groups is 1. The predicted molar refractivity (Wildman–Crippen MR) is 157 cm³/mol. The minimum Gasteiger partial charge on any atom is -0.490 e. The van der Waals surface area contributed by atoms with Crippen molar-refractivity contribution in [3.63, 3.8) is 0 Å². The zero-order valence-corrected chi connectivity index (χ0v) is 23.7. The van der Waals surface area contributed by atoms with Crippen LogP contribution in [0.4, 0.5) is 5.69 Å². The molecule has 1 saturated heterocycles. The number of nitro groups is 1. The van der Waals surface area contributed by atoms with E-state index in [2.05, 4.69) is 28.0 Å². The molecule has 194 valence electrons. The second kappa shape index (κ2) is 12.4. The van der Waals surface area contributed by atoms with E-state index in [0.717, 1.165) is 25.9 Å². The fourth-order valence-electron chi connectivity index (χ4n) is 3.41. The summed E-state index contributed by atoms with van der Waals surface area (Å²) in [5, 5.41) is 11.9. The van der Waals surface area contributed by atoms with Crippen LogP contribution in [0.1, 0.15) is 28.4 Å². The summed E-state index contributed by atoms with van der Waals surface area (Å²) >= 11 is 8.53. The highest BCUT2D eigenvalue weighted by molar-refractivity contribution is 14.1. The quantitative estimate of drug-likeness (QED) is 0.102. The number of thiocarbonyl (C=S) groups is 1. The maximum atomic E-state index is 13.0. The molecular weight excluding hydrogens is 641 g/mol. The molecule has 0 spiro atoms. The van der Waals surface area contributed by atoms with Gasteiger partial charge in [-0.05, 0) is 95.3 Å². The van der Waals surface area contributed by atoms with Crippen LogP contribution in [0.5, 0.6) is 11.5 Å². The molecule has 1 N–H and O–H groups in total. The molecule has 12 heteroatoms. The minimum absolute atomic E-state index is 0.00716. The van der Waals surface area contributed by atoms with Crippen LogP contribution in [-0.4, -0.2) is 32.7 Å². The van der Waals surface area contributed by atoms with E-state index in [1.807, 2.05) is 13.0 Å². The Bertz CT molecular complexity index is 1430. The summed E-state index contributed by atoms with van der Waals surface area (Å²) in [7, 11) is 0. The number of carbonyl (C=O) groups excluding carboxylic acids is 2. The first-order valence-electron chi connectivity index (χ1n) is 11.2. The zero-order valence-electron chi connectivity index (χ0n) is 19.9. The number of nitro benzene ring substituents is 1. The number of nitrogens with zero attached hydrogens (tertiary/aromatic N) is 2. The molecule has 4 rings (SSSR count). The van der Waals surface area contributed by atoms with Crippen LogP contribution < -0.4 is 14.9 Å². The average Bonchev–Trinajstić information content (AvgIpc) is 3.16. The summed E-state index contributed by atoms with van der Waals surface area (Å²) in [6.07, 6.45) is 1.68. The molecule has 3 aromatic rings. The molecule has 1 heterocycles. The summed E-state index contributed by atoms with van der Waals surface area (Å²) in [6.45, 7) is 2.43. The Labute approximate surface area is 241 Å². The van der Waals surface area contributed by atoms with Gasteiger partial charge >= 0.3 is 0 Å². The van der Waals surface area contributed by atoms with Crippen molar-refractivity contribution in [2.45, 2.75) is 13.5 Å². The third-order valence-electron chi connectivity index (χ3n) is 5.20. The van der Waals surface area contributed by atoms with Crippen LogP contribution in [0.3, 0.4) is 0 Å². The highest BCUT2D eigenvalue weighted by Gasteiger charge is 2.34. The third kappa shape index (κ3) is 6.49. The van der Waals surface area contributed by atoms with Gasteiger partial charge in [0.05, 0.1) is 20.0 Å². The fourth-order valence-corrected chi connectivity index (χ4v) is 5.38. The normalized spacial score (nSPS) is 14.1. The molecule has 2 amide bonds. The summed E-state index contributed by atoms with van der Waals surface area (Å²) in [5.74, 6) is 0.132. The van der Waals surface area contributed by atoms with Crippen molar-refractivity contribution in [3.05, 3.63) is 102 Å². The van der Waals surface area contributed by atoms with Crippen molar-refractivity contribution in [2.24, 2.45) is 0 Å². The van der Waals surface area contributed by atoms with E-state index in [1.165, 1.54) is 12.1 Å². The molecule has 0 atom stereocenters. The van der Waals surface area contributed by atoms with Crippen LogP contribution in [-0.2, 0) is 11.4 Å². The van der Waals surface area contributed by atoms with Crippen molar-refractivity contribution in [3.8, 4) is 11.5 Å². The van der Waals surface area contributed by atoms with Gasteiger partial charge in [0, 0.05) is 17.7 Å². The number of hydrogen-bond donors (Lipinski definition) is 1. The standard InChI is InChI=1S/C26H20IN3O6S2/c1-2-35-21-13-17(12-20(27)23(21)36-15-16-8-10-19(11-9-16)30(33)34)14-22-25(32)29(26(37)38-22)28-24(31)18-6-4-3-5-7-18/h3-14H,2,15H2,1H3,(H,28,31)/b22-14+. The fraction of sp³-hybridized carbons (Fsp3) is 0.115. The SMILES string of the molecule is CCOc1cc(/C=C2/SC(=S)N(NC(=O)c3ccccc3)C2=O)cc(I)c1OCc1ccc([N+](=O)[O-])cc1. The van der Waals surface area contributed by atoms with Gasteiger partial charge in [0.1, 0.15) is 6.61 Å². The largest absolute Gasteiger partial charge is 0.490 e. The van der Waals surface area contributed by atoms with Gasteiger partial charge in [-0.15, -0.1) is 0 Å². The lowest BCUT2D eigenvalue weighted by Crippen LogP contribution is -2.44. The van der Waals surface area contributed by atoms with Crippen LogP contribution in [0.15, 0.2) is 71.6 Å². The van der Waals surface area contributed by atoms with Crippen molar-refractivity contribution in [2.75, 3.05) is 6.61 Å². The molecule has 0 radical (unpaired) electrons. The molecule has 0 saturated carbocycles. The van der Waals surface area contributed by atoms with Gasteiger partial charge in [0.2, 0.25) is 0 Å². The first-order chi connectivity index (χ1) is 18.3. The number of halogens is 1. The summed E-state index contributed by atoms with van der Waals surface area (Å²) in [4.78, 5) is 36.3. The summed E-state index contributed by atoms with van der Waals surface area (Å²) < 4.78 is 12.8. The van der Waals surface area contributed by atoms with E-state index in [1.54, 1.807) is 54.6 Å². The van der Waals surface area contributed by atoms with E-state index in [4.69, 9.17) is 21.7 Å². The predicted octanol–water partition coefficient (Wildman–Crippen LogP) is 5.72. The first kappa shape index (κ1) is 27.5. The molecule has 3 aromatic carbocycles. The van der Waals surface area contributed by atoms with E-state index in [-0.39, 0.29) is 16.6 Å². The Kier molecular flexibility index (Phi) is 8.97. The Morgan fingerprint density at radius 2 is 1.87 bits per heavy atom. The van der Waals surface area contributed by atoms with Gasteiger partial charge in [0.15, 0.2) is 15.8 Å². The second-order valence-corrected chi connectivity index (χ2v) is 10.6. The van der Waals surface area contributed by atoms with Gasteiger partial charge in [-0.1, -0.05) is 30.0 Å². The molecule has 0 bridgehead atoms. The maximum Gasteiger partial charge on any atom is 0.285 e. The smallest absolute Gasteiger partial charge is 0.285 e. The molecule has 0 aliphatic carbocycles. The van der Waals surface area contributed by atoms with E-state index >= 15 is 0 Å². The topological polar surface area (TPSA) is 111 Å². The van der Waals surface area contributed by atoms with Crippen molar-refractivity contribution < 1.29 is 24.0 Å². The van der Waals surface area contributed by atoms with Crippen LogP contribution >= 0.6 is 46.6 Å². The van der Waals surface area contributed by atoms with Crippen LogP contribution in [0.2, 0.25) is 0 Å². The zero-order chi connectivity index (χ0) is 27.2. The van der Waals surface area contributed by atoms with E-state index in [0.29, 0.717) is 34.1 Å². The minimum atomic E-state index is -0.454. The van der Waals surface area contributed by atoms with Crippen LogP contribution in [0.25, 0.3) is 6.08 Å². The number of non-ortho nitro benzene ring substituents is 1. The lowest BCUT2D eigenvalue weighted by molar-refractivity contribution is -0.384. The van der Waals surface area contributed by atoms with E-state index < -0.39 is 16.7 Å². The lowest BCUT2D eigenvalue weighted by Gasteiger charge is -2.16. The van der Waals surface area contributed by atoms with E-state index in [9.17, 15) is 19.7 Å². The highest BCUT2D eigenvalue weighted by Crippen LogP contribution is 2.37. The van der Waals surface area contributed by atoms with Crippen molar-refractivity contribution in [1.29, 1.82) is 0 Å². The number of benzene rings is 3. The highest BCUT2D eigenvalue weighted by atomic mass is 127. The second-order valence-electron chi connectivity index (χ2n) is 7.80. The Morgan fingerprint density at radius 1 is 1.16 bits per heavy atom. The molecular formula is C26H20IN3O6S2. The van der Waals surface area contributed by atoms with Crippen molar-refractivity contribution in [1.82, 2.24) is 10.4 Å². The average molecular weight is 661 g/mol. The third-order valence-corrected chi connectivity index (χ3v) is 7.31. The molecule has 38 heavy (non-hydrogen) atoms. The molecule has 1 aliphatic rings. The number of nitrogens with one attached hydrogen (secondary N) is 1. The summed E-state index contributed by atoms with van der Waals surface area (Å²) in [6, 6.07) is 18.3. The lowest BCUT2D eigenvalue weighted by atomic mass is 10.1. The van der Waals surface area contributed by atoms with Crippen molar-refractivity contribution >= 4 is 74.5 Å². The summed E-state index contributed by atoms with van der Waals surface area (Å²) in [5.41, 5.74) is 4.43.